The van der Waals surface area contributed by atoms with Crippen LogP contribution in [0, 0.1) is 0 Å². The summed E-state index contributed by atoms with van der Waals surface area (Å²) in [6, 6.07) is 7.05. The number of sulfonamides is 1. The highest BCUT2D eigenvalue weighted by atomic mass is 32.2. The second kappa shape index (κ2) is 6.17. The largest absolute Gasteiger partial charge is 0.480 e. The number of carbonyl (C=O) groups is 1. The molecule has 1 aromatic carbocycles. The van der Waals surface area contributed by atoms with Gasteiger partial charge in [0, 0.05) is 6.42 Å². The van der Waals surface area contributed by atoms with Gasteiger partial charge in [-0.05, 0) is 48.1 Å². The molecule has 1 atom stereocenters. The summed E-state index contributed by atoms with van der Waals surface area (Å²) in [6.07, 6.45) is 4.97. The number of carboxylic acid groups (broad SMARTS) is 1. The van der Waals surface area contributed by atoms with E-state index in [4.69, 9.17) is 4.42 Å². The van der Waals surface area contributed by atoms with Crippen LogP contribution in [0.1, 0.15) is 29.9 Å². The maximum atomic E-state index is 12.5. The van der Waals surface area contributed by atoms with Gasteiger partial charge in [0.2, 0.25) is 10.0 Å². The molecule has 1 unspecified atom stereocenters. The van der Waals surface area contributed by atoms with Gasteiger partial charge in [-0.2, -0.15) is 4.72 Å². The van der Waals surface area contributed by atoms with Crippen molar-refractivity contribution in [2.45, 2.75) is 36.1 Å². The zero-order chi connectivity index (χ0) is 16.4. The number of nitrogens with one attached hydrogen (secondary N) is 1. The first-order valence-electron chi connectivity index (χ1n) is 7.32. The summed E-state index contributed by atoms with van der Waals surface area (Å²) in [5, 5.41) is 9.28. The van der Waals surface area contributed by atoms with Gasteiger partial charge in [0.05, 0.1) is 17.4 Å². The summed E-state index contributed by atoms with van der Waals surface area (Å²) in [6.45, 7) is 0. The standard InChI is InChI=1S/C16H17NO5S/c18-16(19)15(8-11-6-7-22-10-11)17-23(20,21)14-3-1-2-13(9-14)12-4-5-12/h1-3,6-7,9-10,12,15,17H,4-5,8H2,(H,18,19). The van der Waals surface area contributed by atoms with Crippen molar-refractivity contribution in [3.05, 3.63) is 54.0 Å². The molecular formula is C16H17NO5S. The predicted octanol–water partition coefficient (Wildman–Crippen LogP) is 2.13. The van der Waals surface area contributed by atoms with E-state index in [1.807, 2.05) is 6.07 Å². The lowest BCUT2D eigenvalue weighted by atomic mass is 10.1. The average molecular weight is 335 g/mol. The molecule has 6 nitrogen and oxygen atoms in total. The first-order chi connectivity index (χ1) is 11.0. The SMILES string of the molecule is O=C(O)C(Cc1ccoc1)NS(=O)(=O)c1cccc(C2CC2)c1. The van der Waals surface area contributed by atoms with Gasteiger partial charge in [0.15, 0.2) is 0 Å². The fourth-order valence-corrected chi connectivity index (χ4v) is 3.68. The van der Waals surface area contributed by atoms with Gasteiger partial charge in [-0.3, -0.25) is 4.79 Å². The Labute approximate surface area is 134 Å². The molecule has 0 aliphatic heterocycles. The van der Waals surface area contributed by atoms with Crippen molar-refractivity contribution >= 4 is 16.0 Å². The quantitative estimate of drug-likeness (QED) is 0.808. The summed E-state index contributed by atoms with van der Waals surface area (Å²) in [5.74, 6) is -0.806. The van der Waals surface area contributed by atoms with Crippen LogP contribution in [0.2, 0.25) is 0 Å². The summed E-state index contributed by atoms with van der Waals surface area (Å²) < 4.78 is 32.1. The molecule has 1 aliphatic carbocycles. The molecule has 1 fully saturated rings. The Kier molecular flexibility index (Phi) is 4.23. The zero-order valence-corrected chi connectivity index (χ0v) is 13.1. The third-order valence-electron chi connectivity index (χ3n) is 3.83. The average Bonchev–Trinajstić information content (AvgIpc) is 3.25. The van der Waals surface area contributed by atoms with Gasteiger partial charge in [0.25, 0.3) is 0 Å². The van der Waals surface area contributed by atoms with Crippen LogP contribution in [0.15, 0.2) is 52.2 Å². The Bertz CT molecular complexity index is 794. The Balaban J connectivity index is 1.80. The second-order valence-corrected chi connectivity index (χ2v) is 7.41. The summed E-state index contributed by atoms with van der Waals surface area (Å²) in [5.41, 5.74) is 1.60. The molecule has 1 aromatic heterocycles. The molecule has 0 bridgehead atoms. The van der Waals surface area contributed by atoms with Crippen molar-refractivity contribution in [1.29, 1.82) is 0 Å². The fourth-order valence-electron chi connectivity index (χ4n) is 2.43. The second-order valence-electron chi connectivity index (χ2n) is 5.69. The van der Waals surface area contributed by atoms with Crippen molar-refractivity contribution in [3.63, 3.8) is 0 Å². The fraction of sp³-hybridized carbons (Fsp3) is 0.312. The van der Waals surface area contributed by atoms with Gasteiger partial charge in [-0.1, -0.05) is 12.1 Å². The highest BCUT2D eigenvalue weighted by Gasteiger charge is 2.28. The van der Waals surface area contributed by atoms with E-state index in [2.05, 4.69) is 4.72 Å². The van der Waals surface area contributed by atoms with E-state index in [1.54, 1.807) is 18.2 Å². The van der Waals surface area contributed by atoms with E-state index in [9.17, 15) is 18.3 Å². The Morgan fingerprint density at radius 3 is 2.74 bits per heavy atom. The smallest absolute Gasteiger partial charge is 0.322 e. The predicted molar refractivity (Wildman–Crippen MR) is 82.6 cm³/mol. The molecule has 1 heterocycles. The molecule has 23 heavy (non-hydrogen) atoms. The van der Waals surface area contributed by atoms with Crippen molar-refractivity contribution in [2.75, 3.05) is 0 Å². The summed E-state index contributed by atoms with van der Waals surface area (Å²) in [7, 11) is -3.90. The summed E-state index contributed by atoms with van der Waals surface area (Å²) >= 11 is 0. The van der Waals surface area contributed by atoms with E-state index in [1.165, 1.54) is 18.6 Å². The minimum absolute atomic E-state index is 0.0212. The number of rotatable bonds is 7. The van der Waals surface area contributed by atoms with Crippen LogP contribution in [0.3, 0.4) is 0 Å². The van der Waals surface area contributed by atoms with E-state index in [0.717, 1.165) is 18.4 Å². The maximum absolute atomic E-state index is 12.5. The van der Waals surface area contributed by atoms with Crippen LogP contribution in [-0.2, 0) is 21.2 Å². The third-order valence-corrected chi connectivity index (χ3v) is 5.30. The minimum Gasteiger partial charge on any atom is -0.480 e. The van der Waals surface area contributed by atoms with Crippen molar-refractivity contribution in [3.8, 4) is 0 Å². The highest BCUT2D eigenvalue weighted by Crippen LogP contribution is 2.40. The van der Waals surface area contributed by atoms with Crippen LogP contribution < -0.4 is 4.72 Å². The highest BCUT2D eigenvalue weighted by molar-refractivity contribution is 7.89. The van der Waals surface area contributed by atoms with E-state index < -0.39 is 22.0 Å². The lowest BCUT2D eigenvalue weighted by Gasteiger charge is -2.14. The molecule has 0 amide bonds. The van der Waals surface area contributed by atoms with Gasteiger partial charge in [0.1, 0.15) is 6.04 Å². The Morgan fingerprint density at radius 2 is 2.13 bits per heavy atom. The Morgan fingerprint density at radius 1 is 1.35 bits per heavy atom. The number of benzene rings is 1. The minimum atomic E-state index is -3.90. The molecule has 1 saturated carbocycles. The molecule has 0 radical (unpaired) electrons. The van der Waals surface area contributed by atoms with Crippen molar-refractivity contribution in [2.24, 2.45) is 0 Å². The van der Waals surface area contributed by atoms with Crippen LogP contribution in [0.25, 0.3) is 0 Å². The number of carboxylic acids is 1. The first kappa shape index (κ1) is 15.8. The molecular weight excluding hydrogens is 318 g/mol. The van der Waals surface area contributed by atoms with Gasteiger partial charge in [-0.25, -0.2) is 8.42 Å². The number of furan rings is 1. The third kappa shape index (κ3) is 3.80. The molecule has 0 spiro atoms. The van der Waals surface area contributed by atoms with E-state index in [0.29, 0.717) is 11.5 Å². The monoisotopic (exact) mass is 335 g/mol. The van der Waals surface area contributed by atoms with E-state index in [-0.39, 0.29) is 11.3 Å². The van der Waals surface area contributed by atoms with Gasteiger partial charge in [-0.15, -0.1) is 0 Å². The summed E-state index contributed by atoms with van der Waals surface area (Å²) in [4.78, 5) is 11.5. The number of aliphatic carboxylic acids is 1. The zero-order valence-electron chi connectivity index (χ0n) is 12.3. The van der Waals surface area contributed by atoms with E-state index >= 15 is 0 Å². The molecule has 3 rings (SSSR count). The lowest BCUT2D eigenvalue weighted by Crippen LogP contribution is -2.42. The van der Waals surface area contributed by atoms with Crippen LogP contribution in [0.4, 0.5) is 0 Å². The van der Waals surface area contributed by atoms with Crippen LogP contribution in [0.5, 0.6) is 0 Å². The first-order valence-corrected chi connectivity index (χ1v) is 8.80. The molecule has 122 valence electrons. The number of hydrogen-bond donors (Lipinski definition) is 2. The molecule has 7 heteroatoms. The maximum Gasteiger partial charge on any atom is 0.322 e. The number of hydrogen-bond acceptors (Lipinski definition) is 4. The molecule has 0 saturated heterocycles. The molecule has 1 aliphatic rings. The lowest BCUT2D eigenvalue weighted by molar-refractivity contribution is -0.138. The van der Waals surface area contributed by atoms with Crippen LogP contribution >= 0.6 is 0 Å². The van der Waals surface area contributed by atoms with Crippen molar-refractivity contribution in [1.82, 2.24) is 4.72 Å². The van der Waals surface area contributed by atoms with Gasteiger partial charge >= 0.3 is 5.97 Å². The van der Waals surface area contributed by atoms with Crippen LogP contribution in [-0.4, -0.2) is 25.5 Å². The Hall–Kier alpha value is -2.12. The van der Waals surface area contributed by atoms with Gasteiger partial charge < -0.3 is 9.52 Å². The topological polar surface area (TPSA) is 96.6 Å². The molecule has 2 aromatic rings. The molecule has 2 N–H and O–H groups in total. The normalized spacial score (nSPS) is 16.2. The van der Waals surface area contributed by atoms with Crippen molar-refractivity contribution < 1.29 is 22.7 Å².